The molecule has 2 N–H and O–H groups in total. The summed E-state index contributed by atoms with van der Waals surface area (Å²) in [6, 6.07) is 11.0. The lowest BCUT2D eigenvalue weighted by Gasteiger charge is -2.12. The maximum absolute atomic E-state index is 12.0. The number of carbonyl (C=O) groups is 2. The molecule has 0 aliphatic rings. The van der Waals surface area contributed by atoms with E-state index in [9.17, 15) is 9.59 Å². The van der Waals surface area contributed by atoms with E-state index in [1.165, 1.54) is 7.11 Å². The molecule has 0 saturated heterocycles. The number of aryl methyl sites for hydroxylation is 2. The fourth-order valence-corrected chi connectivity index (χ4v) is 2.23. The van der Waals surface area contributed by atoms with Gasteiger partial charge in [0, 0.05) is 17.6 Å². The monoisotopic (exact) mass is 346 g/mol. The van der Waals surface area contributed by atoms with Crippen LogP contribution in [0.4, 0.5) is 5.69 Å². The Balaban J connectivity index is 2.00. The lowest BCUT2D eigenvalue weighted by Crippen LogP contribution is -2.35. The summed E-state index contributed by atoms with van der Waals surface area (Å²) in [4.78, 5) is 24.0. The molecule has 0 aromatic heterocycles. The molecule has 0 saturated carbocycles. The lowest BCUT2D eigenvalue weighted by atomic mass is 10.1. The number of hydrogen-bond donors (Lipinski definition) is 2. The first-order valence-corrected chi connectivity index (χ1v) is 7.77. The minimum Gasteiger partial charge on any atom is -0.495 e. The number of benzene rings is 2. The van der Waals surface area contributed by atoms with Gasteiger partial charge in [0.05, 0.1) is 12.8 Å². The van der Waals surface area contributed by atoms with Crippen molar-refractivity contribution in [1.29, 1.82) is 0 Å². The van der Waals surface area contributed by atoms with Crippen molar-refractivity contribution in [1.82, 2.24) is 5.32 Å². The predicted octanol–water partition coefficient (Wildman–Crippen LogP) is 3.22. The van der Waals surface area contributed by atoms with Crippen LogP contribution in [0.1, 0.15) is 16.7 Å². The van der Waals surface area contributed by atoms with Crippen molar-refractivity contribution in [3.05, 3.63) is 58.1 Å². The Hall–Kier alpha value is -2.53. The Labute approximate surface area is 146 Å². The third kappa shape index (κ3) is 4.49. The number of nitrogens with one attached hydrogen (secondary N) is 2. The van der Waals surface area contributed by atoms with Gasteiger partial charge in [0.15, 0.2) is 0 Å². The van der Waals surface area contributed by atoms with Crippen LogP contribution in [0, 0.1) is 13.8 Å². The molecule has 0 atom stereocenters. The van der Waals surface area contributed by atoms with Gasteiger partial charge in [-0.25, -0.2) is 0 Å². The largest absolute Gasteiger partial charge is 0.495 e. The van der Waals surface area contributed by atoms with Gasteiger partial charge in [-0.15, -0.1) is 0 Å². The minimum absolute atomic E-state index is 0.281. The van der Waals surface area contributed by atoms with E-state index >= 15 is 0 Å². The van der Waals surface area contributed by atoms with E-state index in [0.717, 1.165) is 16.7 Å². The quantitative estimate of drug-likeness (QED) is 0.835. The number of methoxy groups -OCH3 is 1. The molecule has 0 radical (unpaired) electrons. The number of rotatable bonds is 4. The summed E-state index contributed by atoms with van der Waals surface area (Å²) >= 11 is 6.02. The van der Waals surface area contributed by atoms with Gasteiger partial charge < -0.3 is 15.4 Å². The predicted molar refractivity (Wildman–Crippen MR) is 94.4 cm³/mol. The van der Waals surface area contributed by atoms with E-state index < -0.39 is 11.8 Å². The second-order valence-corrected chi connectivity index (χ2v) is 5.83. The molecule has 24 heavy (non-hydrogen) atoms. The third-order valence-corrected chi connectivity index (χ3v) is 3.92. The van der Waals surface area contributed by atoms with Crippen LogP contribution in [0.3, 0.4) is 0 Å². The molecule has 0 spiro atoms. The minimum atomic E-state index is -0.762. The van der Waals surface area contributed by atoms with Gasteiger partial charge in [0.25, 0.3) is 0 Å². The summed E-state index contributed by atoms with van der Waals surface area (Å²) in [5, 5.41) is 5.65. The molecule has 5 nitrogen and oxygen atoms in total. The van der Waals surface area contributed by atoms with Crippen LogP contribution in [0.5, 0.6) is 5.75 Å². The highest BCUT2D eigenvalue weighted by molar-refractivity contribution is 6.40. The van der Waals surface area contributed by atoms with E-state index in [4.69, 9.17) is 16.3 Å². The second-order valence-electron chi connectivity index (χ2n) is 5.42. The molecular formula is C18H19ClN2O3. The van der Waals surface area contributed by atoms with Crippen LogP contribution in [0.25, 0.3) is 0 Å². The third-order valence-electron chi connectivity index (χ3n) is 3.51. The summed E-state index contributed by atoms with van der Waals surface area (Å²) in [5.74, 6) is -1.09. The fraction of sp³-hybridized carbons (Fsp3) is 0.222. The molecule has 0 unspecified atom stereocenters. The Bertz CT molecular complexity index is 758. The molecule has 2 amide bonds. The highest BCUT2D eigenvalue weighted by atomic mass is 35.5. The van der Waals surface area contributed by atoms with Crippen LogP contribution in [-0.4, -0.2) is 18.9 Å². The fourth-order valence-electron chi connectivity index (χ4n) is 2.08. The number of halogens is 1. The number of ether oxygens (including phenoxy) is 1. The molecule has 126 valence electrons. The maximum atomic E-state index is 12.0. The second kappa shape index (κ2) is 7.84. The number of anilines is 1. The van der Waals surface area contributed by atoms with Gasteiger partial charge in [-0.3, -0.25) is 9.59 Å². The van der Waals surface area contributed by atoms with Gasteiger partial charge in [0.1, 0.15) is 5.75 Å². The highest BCUT2D eigenvalue weighted by Gasteiger charge is 2.16. The van der Waals surface area contributed by atoms with E-state index in [1.807, 2.05) is 31.2 Å². The molecule has 6 heteroatoms. The summed E-state index contributed by atoms with van der Waals surface area (Å²) < 4.78 is 5.17. The van der Waals surface area contributed by atoms with Crippen molar-refractivity contribution < 1.29 is 14.3 Å². The van der Waals surface area contributed by atoms with Gasteiger partial charge in [-0.1, -0.05) is 41.4 Å². The normalized spacial score (nSPS) is 10.2. The summed E-state index contributed by atoms with van der Waals surface area (Å²) in [6.07, 6.45) is 0. The smallest absolute Gasteiger partial charge is 0.313 e. The molecule has 2 rings (SSSR count). The van der Waals surface area contributed by atoms with Gasteiger partial charge in [-0.2, -0.15) is 0 Å². The molecule has 0 fully saturated rings. The van der Waals surface area contributed by atoms with Crippen molar-refractivity contribution in [2.24, 2.45) is 0 Å². The first-order chi connectivity index (χ1) is 11.4. The average Bonchev–Trinajstić information content (AvgIpc) is 2.57. The van der Waals surface area contributed by atoms with Crippen LogP contribution in [-0.2, 0) is 16.1 Å². The summed E-state index contributed by atoms with van der Waals surface area (Å²) in [6.45, 7) is 4.06. The van der Waals surface area contributed by atoms with Crippen LogP contribution < -0.4 is 15.4 Å². The SMILES string of the molecule is COc1cc(Cl)c(C)cc1NC(=O)C(=O)NCc1ccc(C)cc1. The highest BCUT2D eigenvalue weighted by Crippen LogP contribution is 2.30. The van der Waals surface area contributed by atoms with Crippen molar-refractivity contribution in [3.63, 3.8) is 0 Å². The molecule has 0 bridgehead atoms. The van der Waals surface area contributed by atoms with Crippen LogP contribution >= 0.6 is 11.6 Å². The van der Waals surface area contributed by atoms with Crippen molar-refractivity contribution in [3.8, 4) is 5.75 Å². The first kappa shape index (κ1) is 17.8. The zero-order valence-corrected chi connectivity index (χ0v) is 14.5. The van der Waals surface area contributed by atoms with Gasteiger partial charge in [-0.05, 0) is 31.0 Å². The zero-order valence-electron chi connectivity index (χ0n) is 13.8. The lowest BCUT2D eigenvalue weighted by molar-refractivity contribution is -0.136. The van der Waals surface area contributed by atoms with E-state index in [1.54, 1.807) is 19.1 Å². The molecule has 0 heterocycles. The van der Waals surface area contributed by atoms with Gasteiger partial charge >= 0.3 is 11.8 Å². The van der Waals surface area contributed by atoms with Crippen molar-refractivity contribution in [2.45, 2.75) is 20.4 Å². The standard InChI is InChI=1S/C18H19ClN2O3/c1-11-4-6-13(7-5-11)10-20-17(22)18(23)21-15-8-12(2)14(19)9-16(15)24-3/h4-9H,10H2,1-3H3,(H,20,22)(H,21,23). The molecule has 0 aliphatic heterocycles. The Morgan fingerprint density at radius 2 is 1.75 bits per heavy atom. The molecular weight excluding hydrogens is 328 g/mol. The van der Waals surface area contributed by atoms with Crippen molar-refractivity contribution in [2.75, 3.05) is 12.4 Å². The molecule has 2 aromatic rings. The van der Waals surface area contributed by atoms with Crippen molar-refractivity contribution >= 4 is 29.1 Å². The average molecular weight is 347 g/mol. The van der Waals surface area contributed by atoms with E-state index in [-0.39, 0.29) is 6.54 Å². The Morgan fingerprint density at radius 1 is 1.08 bits per heavy atom. The Kier molecular flexibility index (Phi) is 5.82. The number of hydrogen-bond acceptors (Lipinski definition) is 3. The van der Waals surface area contributed by atoms with Crippen LogP contribution in [0.15, 0.2) is 36.4 Å². The van der Waals surface area contributed by atoms with E-state index in [0.29, 0.717) is 16.5 Å². The summed E-state index contributed by atoms with van der Waals surface area (Å²) in [5.41, 5.74) is 3.22. The van der Waals surface area contributed by atoms with Gasteiger partial charge in [0.2, 0.25) is 0 Å². The number of carbonyl (C=O) groups excluding carboxylic acids is 2. The van der Waals surface area contributed by atoms with E-state index in [2.05, 4.69) is 10.6 Å². The number of amides is 2. The Morgan fingerprint density at radius 3 is 2.38 bits per heavy atom. The molecule has 0 aliphatic carbocycles. The first-order valence-electron chi connectivity index (χ1n) is 7.39. The summed E-state index contributed by atoms with van der Waals surface area (Å²) in [7, 11) is 1.47. The topological polar surface area (TPSA) is 67.4 Å². The zero-order chi connectivity index (χ0) is 17.7. The maximum Gasteiger partial charge on any atom is 0.313 e. The van der Waals surface area contributed by atoms with Crippen LogP contribution in [0.2, 0.25) is 5.02 Å². The molecule has 2 aromatic carbocycles.